The van der Waals surface area contributed by atoms with Gasteiger partial charge in [0, 0.05) is 12.1 Å². The predicted octanol–water partition coefficient (Wildman–Crippen LogP) is 1.07. The van der Waals surface area contributed by atoms with Gasteiger partial charge in [0.15, 0.2) is 0 Å². The summed E-state index contributed by atoms with van der Waals surface area (Å²) in [4.78, 5) is 35.4. The summed E-state index contributed by atoms with van der Waals surface area (Å²) in [5.41, 5.74) is 2.12. The van der Waals surface area contributed by atoms with E-state index < -0.39 is 17.3 Å². The zero-order valence-electron chi connectivity index (χ0n) is 15.5. The molecule has 0 unspecified atom stereocenters. The van der Waals surface area contributed by atoms with Crippen LogP contribution in [0.2, 0.25) is 0 Å². The van der Waals surface area contributed by atoms with Crippen LogP contribution in [0, 0.1) is 13.8 Å². The molecule has 0 bridgehead atoms. The predicted molar refractivity (Wildman–Crippen MR) is 98.8 cm³/mol. The normalized spacial score (nSPS) is 12.0. The number of nitrogens with zero attached hydrogens (tertiary/aromatic N) is 2. The largest absolute Gasteiger partial charge is 0.507 e. The molecule has 11 heteroatoms. The Kier molecular flexibility index (Phi) is 5.98. The number of carbonyl (C=O) groups is 1. The Bertz CT molecular complexity index is 1010. The van der Waals surface area contributed by atoms with Crippen molar-refractivity contribution in [3.8, 4) is 11.5 Å². The Balaban J connectivity index is 2.13. The van der Waals surface area contributed by atoms with Gasteiger partial charge in [-0.1, -0.05) is 0 Å². The van der Waals surface area contributed by atoms with Gasteiger partial charge in [-0.3, -0.25) is 0 Å². The highest BCUT2D eigenvalue weighted by Gasteiger charge is 2.15. The minimum Gasteiger partial charge on any atom is -0.507 e. The number of rotatable bonds is 4. The summed E-state index contributed by atoms with van der Waals surface area (Å²) in [6.07, 6.45) is 0. The van der Waals surface area contributed by atoms with Crippen LogP contribution in [0.5, 0.6) is 11.5 Å². The number of aromatic hydroxyl groups is 2. The highest BCUT2D eigenvalue weighted by molar-refractivity contribution is 6.02. The third-order valence-electron chi connectivity index (χ3n) is 3.48. The molecule has 2 rings (SSSR count). The van der Waals surface area contributed by atoms with Gasteiger partial charge < -0.3 is 19.0 Å². The molecule has 0 fully saturated rings. The molecule has 0 aliphatic heterocycles. The van der Waals surface area contributed by atoms with Gasteiger partial charge in [-0.25, -0.2) is 25.2 Å². The first-order valence-electron chi connectivity index (χ1n) is 7.93. The molecule has 2 aromatic rings. The Morgan fingerprint density at radius 3 is 1.54 bits per heavy atom. The van der Waals surface area contributed by atoms with Gasteiger partial charge >= 0.3 is 17.3 Å². The first-order valence-corrected chi connectivity index (χ1v) is 7.93. The maximum atomic E-state index is 11.8. The number of nitrogens with one attached hydrogen (secondary N) is 2. The number of hydrazone groups is 2. The third kappa shape index (κ3) is 4.63. The van der Waals surface area contributed by atoms with Crippen molar-refractivity contribution < 1.29 is 23.8 Å². The molecule has 148 valence electrons. The smallest absolute Gasteiger partial charge is 0.355 e. The highest BCUT2D eigenvalue weighted by Crippen LogP contribution is 2.16. The van der Waals surface area contributed by atoms with Crippen molar-refractivity contribution in [3.63, 3.8) is 0 Å². The van der Waals surface area contributed by atoms with Gasteiger partial charge in [-0.2, -0.15) is 10.2 Å². The number of hydrogen-bond acceptors (Lipinski definition) is 9. The fourth-order valence-corrected chi connectivity index (χ4v) is 2.26. The molecule has 0 aliphatic rings. The van der Waals surface area contributed by atoms with E-state index in [1.807, 2.05) is 0 Å². The fraction of sp³-hybridized carbons (Fsp3) is 0.235. The van der Waals surface area contributed by atoms with E-state index in [-0.39, 0.29) is 45.6 Å². The number of hydrogen-bond donors (Lipinski definition) is 4. The van der Waals surface area contributed by atoms with E-state index in [2.05, 4.69) is 21.1 Å². The summed E-state index contributed by atoms with van der Waals surface area (Å²) in [5, 5.41) is 27.0. The van der Waals surface area contributed by atoms with Crippen LogP contribution < -0.4 is 22.1 Å². The lowest BCUT2D eigenvalue weighted by atomic mass is 10.2. The van der Waals surface area contributed by atoms with Gasteiger partial charge in [0.1, 0.15) is 34.1 Å². The van der Waals surface area contributed by atoms with Crippen LogP contribution in [0.15, 0.2) is 40.8 Å². The molecule has 0 atom stereocenters. The lowest BCUT2D eigenvalue weighted by Gasteiger charge is -2.05. The van der Waals surface area contributed by atoms with Crippen LogP contribution in [0.4, 0.5) is 4.79 Å². The molecule has 2 aromatic heterocycles. The maximum absolute atomic E-state index is 11.8. The maximum Gasteiger partial charge on any atom is 0.355 e. The SMILES string of the molecule is C/C(=N\NC(=O)N/N=C(\C)c1c(O)cc(C)oc1=O)c1c(O)cc(C)oc1=O. The van der Waals surface area contributed by atoms with Crippen molar-refractivity contribution in [2.75, 3.05) is 0 Å². The van der Waals surface area contributed by atoms with Gasteiger partial charge in [0.05, 0.1) is 11.4 Å². The summed E-state index contributed by atoms with van der Waals surface area (Å²) >= 11 is 0. The van der Waals surface area contributed by atoms with Crippen molar-refractivity contribution in [3.05, 3.63) is 55.6 Å². The number of amides is 2. The molecular weight excluding hydrogens is 372 g/mol. The minimum absolute atomic E-state index is 0.000995. The van der Waals surface area contributed by atoms with E-state index in [9.17, 15) is 24.6 Å². The Labute approximate surface area is 158 Å². The lowest BCUT2D eigenvalue weighted by molar-refractivity contribution is 0.242. The molecular formula is C17H18N4O7. The Morgan fingerprint density at radius 1 is 0.857 bits per heavy atom. The number of carbonyl (C=O) groups excluding carboxylic acids is 1. The van der Waals surface area contributed by atoms with Gasteiger partial charge in [-0.05, 0) is 27.7 Å². The standard InChI is InChI=1S/C17H18N4O7/c1-7-5-11(22)13(15(24)27-7)9(3)18-20-17(26)21-19-10(4)14-12(23)6-8(2)28-16(14)25/h5-6,22-23H,1-4H3,(H2,20,21,26)/b18-9+,19-10+. The second kappa shape index (κ2) is 8.20. The lowest BCUT2D eigenvalue weighted by Crippen LogP contribution is -2.31. The van der Waals surface area contributed by atoms with Crippen LogP contribution in [0.3, 0.4) is 0 Å². The van der Waals surface area contributed by atoms with Crippen LogP contribution in [0.25, 0.3) is 0 Å². The van der Waals surface area contributed by atoms with E-state index in [1.54, 1.807) is 0 Å². The minimum atomic E-state index is -0.898. The summed E-state index contributed by atoms with van der Waals surface area (Å²) in [6.45, 7) is 5.75. The monoisotopic (exact) mass is 390 g/mol. The molecule has 4 N–H and O–H groups in total. The van der Waals surface area contributed by atoms with Crippen molar-refractivity contribution >= 4 is 17.5 Å². The average Bonchev–Trinajstić information content (AvgIpc) is 2.56. The first kappa shape index (κ1) is 20.4. The van der Waals surface area contributed by atoms with Gasteiger partial charge in [-0.15, -0.1) is 0 Å². The first-order chi connectivity index (χ1) is 13.1. The number of urea groups is 1. The zero-order valence-corrected chi connectivity index (χ0v) is 15.5. The fourth-order valence-electron chi connectivity index (χ4n) is 2.26. The molecule has 0 saturated heterocycles. The molecule has 2 amide bonds. The van der Waals surface area contributed by atoms with Crippen molar-refractivity contribution in [2.45, 2.75) is 27.7 Å². The second-order valence-electron chi connectivity index (χ2n) is 5.76. The van der Waals surface area contributed by atoms with Crippen molar-refractivity contribution in [1.29, 1.82) is 0 Å². The zero-order chi connectivity index (χ0) is 21.0. The summed E-state index contributed by atoms with van der Waals surface area (Å²) in [6, 6.07) is 1.58. The van der Waals surface area contributed by atoms with Crippen LogP contribution in [0.1, 0.15) is 36.5 Å². The van der Waals surface area contributed by atoms with Crippen molar-refractivity contribution in [1.82, 2.24) is 10.9 Å². The van der Waals surface area contributed by atoms with Gasteiger partial charge in [0.25, 0.3) is 0 Å². The topological polar surface area (TPSA) is 167 Å². The molecule has 0 saturated carbocycles. The van der Waals surface area contributed by atoms with Crippen LogP contribution in [-0.2, 0) is 0 Å². The summed E-state index contributed by atoms with van der Waals surface area (Å²) < 4.78 is 9.73. The summed E-state index contributed by atoms with van der Waals surface area (Å²) in [5.74, 6) is -0.239. The molecule has 0 aromatic carbocycles. The average molecular weight is 390 g/mol. The van der Waals surface area contributed by atoms with E-state index in [4.69, 9.17) is 8.83 Å². The summed E-state index contributed by atoms with van der Waals surface area (Å²) in [7, 11) is 0. The molecule has 0 radical (unpaired) electrons. The van der Waals surface area contributed by atoms with Crippen molar-refractivity contribution in [2.24, 2.45) is 10.2 Å². The molecule has 28 heavy (non-hydrogen) atoms. The van der Waals surface area contributed by atoms with E-state index in [1.165, 1.54) is 39.8 Å². The van der Waals surface area contributed by atoms with Crippen LogP contribution in [-0.4, -0.2) is 27.7 Å². The highest BCUT2D eigenvalue weighted by atomic mass is 16.4. The third-order valence-corrected chi connectivity index (χ3v) is 3.48. The Hall–Kier alpha value is -3.89. The van der Waals surface area contributed by atoms with Crippen LogP contribution >= 0.6 is 0 Å². The van der Waals surface area contributed by atoms with E-state index >= 15 is 0 Å². The van der Waals surface area contributed by atoms with E-state index in [0.717, 1.165) is 0 Å². The number of aryl methyl sites for hydroxylation is 2. The quantitative estimate of drug-likeness (QED) is 0.447. The Morgan fingerprint density at radius 2 is 1.21 bits per heavy atom. The molecule has 2 heterocycles. The second-order valence-corrected chi connectivity index (χ2v) is 5.76. The van der Waals surface area contributed by atoms with E-state index in [0.29, 0.717) is 0 Å². The molecule has 0 spiro atoms. The molecule has 0 aliphatic carbocycles. The van der Waals surface area contributed by atoms with Gasteiger partial charge in [0.2, 0.25) is 0 Å². The molecule has 11 nitrogen and oxygen atoms in total.